The Hall–Kier alpha value is -0.880. The number of hydrogen-bond acceptors (Lipinski definition) is 0. The fourth-order valence-electron chi connectivity index (χ4n) is 0.808. The van der Waals surface area contributed by atoms with Crippen molar-refractivity contribution < 1.29 is 0 Å². The van der Waals surface area contributed by atoms with E-state index in [9.17, 15) is 0 Å². The molecule has 0 aliphatic carbocycles. The Labute approximate surface area is 76.8 Å². The van der Waals surface area contributed by atoms with Crippen molar-refractivity contribution in [1.82, 2.24) is 0 Å². The maximum absolute atomic E-state index is 5.12. The van der Waals surface area contributed by atoms with Crippen LogP contribution >= 0.6 is 0 Å². The van der Waals surface area contributed by atoms with E-state index in [-0.39, 0.29) is 0 Å². The third kappa shape index (κ3) is 9.12. The second-order valence-electron chi connectivity index (χ2n) is 2.69. The maximum Gasteiger partial charge on any atom is 0.0120 e. The summed E-state index contributed by atoms with van der Waals surface area (Å²) in [4.78, 5) is 0. The van der Waals surface area contributed by atoms with Crippen molar-refractivity contribution in [2.75, 3.05) is 0 Å². The van der Waals surface area contributed by atoms with Crippen molar-refractivity contribution >= 4 is 0 Å². The quantitative estimate of drug-likeness (QED) is 0.429. The highest BCUT2D eigenvalue weighted by Crippen LogP contribution is 1.99. The first-order valence-electron chi connectivity index (χ1n) is 4.62. The van der Waals surface area contributed by atoms with Crippen LogP contribution in [0.2, 0.25) is 0 Å². The van der Waals surface area contributed by atoms with Gasteiger partial charge in [-0.05, 0) is 25.7 Å². The normalized spacial score (nSPS) is 8.33. The van der Waals surface area contributed by atoms with E-state index in [1.807, 2.05) is 0 Å². The third-order valence-corrected chi connectivity index (χ3v) is 1.48. The number of terminal acetylenes is 1. The fourth-order valence-corrected chi connectivity index (χ4v) is 0.808. The molecule has 0 unspecified atom stereocenters. The van der Waals surface area contributed by atoms with Crippen molar-refractivity contribution in [3.63, 3.8) is 0 Å². The Morgan fingerprint density at radius 2 is 2.08 bits per heavy atom. The van der Waals surface area contributed by atoms with Gasteiger partial charge in [-0.2, -0.15) is 0 Å². The average Bonchev–Trinajstić information content (AvgIpc) is 2.10. The summed E-state index contributed by atoms with van der Waals surface area (Å²) >= 11 is 0. The summed E-state index contributed by atoms with van der Waals surface area (Å²) in [6.07, 6.45) is 13.5. The largest absolute Gasteiger partial charge is 0.120 e. The maximum atomic E-state index is 5.12. The molecule has 0 spiro atoms. The zero-order valence-corrected chi connectivity index (χ0v) is 7.90. The van der Waals surface area contributed by atoms with Gasteiger partial charge in [-0.1, -0.05) is 6.92 Å². The molecule has 0 saturated carbocycles. The zero-order valence-electron chi connectivity index (χ0n) is 7.90. The van der Waals surface area contributed by atoms with Crippen molar-refractivity contribution in [2.45, 2.75) is 45.4 Å². The Kier molecular flexibility index (Phi) is 9.38. The van der Waals surface area contributed by atoms with Gasteiger partial charge in [0.1, 0.15) is 0 Å². The van der Waals surface area contributed by atoms with E-state index in [4.69, 9.17) is 6.42 Å². The topological polar surface area (TPSA) is 0 Å². The van der Waals surface area contributed by atoms with E-state index in [0.29, 0.717) is 0 Å². The van der Waals surface area contributed by atoms with Crippen molar-refractivity contribution in [1.29, 1.82) is 0 Å². The lowest BCUT2D eigenvalue weighted by molar-refractivity contribution is 0.827. The highest BCUT2D eigenvalue weighted by atomic mass is 13.9. The summed E-state index contributed by atoms with van der Waals surface area (Å²) in [7, 11) is 0. The molecule has 0 saturated heterocycles. The summed E-state index contributed by atoms with van der Waals surface area (Å²) in [5.74, 6) is 8.83. The van der Waals surface area contributed by atoms with E-state index in [2.05, 4.69) is 31.1 Å². The molecule has 0 N–H and O–H groups in total. The van der Waals surface area contributed by atoms with Crippen LogP contribution in [0.3, 0.4) is 0 Å². The van der Waals surface area contributed by atoms with Gasteiger partial charge in [0.25, 0.3) is 0 Å². The van der Waals surface area contributed by atoms with E-state index < -0.39 is 0 Å². The lowest BCUT2D eigenvalue weighted by Gasteiger charge is -1.90. The second kappa shape index (κ2) is 10.1. The van der Waals surface area contributed by atoms with Crippen LogP contribution in [0.1, 0.15) is 45.4 Å². The number of unbranched alkanes of at least 4 members (excludes halogenated alkanes) is 5. The molecule has 1 radical (unpaired) electrons. The van der Waals surface area contributed by atoms with Crippen molar-refractivity contribution in [3.8, 4) is 24.2 Å². The Morgan fingerprint density at radius 3 is 2.75 bits per heavy atom. The molecule has 0 nitrogen and oxygen atoms in total. The summed E-state index contributed by atoms with van der Waals surface area (Å²) in [6.45, 7) is 2.14. The van der Waals surface area contributed by atoms with E-state index >= 15 is 0 Å². The van der Waals surface area contributed by atoms with Crippen LogP contribution in [0.5, 0.6) is 0 Å². The lowest BCUT2D eigenvalue weighted by Crippen LogP contribution is -1.76. The zero-order chi connectivity index (χ0) is 9.07. The van der Waals surface area contributed by atoms with Crippen LogP contribution in [0.25, 0.3) is 0 Å². The summed E-state index contributed by atoms with van der Waals surface area (Å²) < 4.78 is 0. The first-order valence-corrected chi connectivity index (χ1v) is 4.62. The summed E-state index contributed by atoms with van der Waals surface area (Å²) in [5.41, 5.74) is 0. The SMILES string of the molecule is C#CCCC[CH]CC#CCCC. The molecule has 0 atom stereocenters. The van der Waals surface area contributed by atoms with Gasteiger partial charge in [-0.15, -0.1) is 24.2 Å². The minimum atomic E-state index is 0.888. The van der Waals surface area contributed by atoms with E-state index in [0.717, 1.165) is 38.5 Å². The molecule has 0 aromatic heterocycles. The fraction of sp³-hybridized carbons (Fsp3) is 0.583. The molecule has 0 aromatic rings. The predicted octanol–water partition coefficient (Wildman–Crippen LogP) is 3.19. The Morgan fingerprint density at radius 1 is 1.25 bits per heavy atom. The van der Waals surface area contributed by atoms with Crippen molar-refractivity contribution in [3.05, 3.63) is 6.42 Å². The van der Waals surface area contributed by atoms with Gasteiger partial charge < -0.3 is 0 Å². The predicted molar refractivity (Wildman–Crippen MR) is 54.3 cm³/mol. The molecule has 0 amide bonds. The monoisotopic (exact) mass is 161 g/mol. The number of hydrogen-bond donors (Lipinski definition) is 0. The Bertz CT molecular complexity index is 172. The first-order chi connectivity index (χ1) is 5.91. The van der Waals surface area contributed by atoms with Crippen LogP contribution in [0, 0.1) is 30.6 Å². The molecule has 0 heteroatoms. The molecule has 0 aromatic carbocycles. The first kappa shape index (κ1) is 11.1. The van der Waals surface area contributed by atoms with Crippen LogP contribution in [-0.4, -0.2) is 0 Å². The smallest absolute Gasteiger partial charge is 0.0120 e. The molecule has 12 heavy (non-hydrogen) atoms. The summed E-state index contributed by atoms with van der Waals surface area (Å²) in [5, 5.41) is 0. The molecular formula is C12H17. The van der Waals surface area contributed by atoms with E-state index in [1.165, 1.54) is 0 Å². The molecule has 0 rings (SSSR count). The molecule has 0 bridgehead atoms. The van der Waals surface area contributed by atoms with Crippen LogP contribution in [-0.2, 0) is 0 Å². The highest BCUT2D eigenvalue weighted by Gasteiger charge is 1.84. The van der Waals surface area contributed by atoms with Gasteiger partial charge >= 0.3 is 0 Å². The van der Waals surface area contributed by atoms with E-state index in [1.54, 1.807) is 0 Å². The van der Waals surface area contributed by atoms with Gasteiger partial charge in [-0.25, -0.2) is 0 Å². The number of rotatable bonds is 5. The van der Waals surface area contributed by atoms with Gasteiger partial charge in [-0.3, -0.25) is 0 Å². The van der Waals surface area contributed by atoms with Crippen LogP contribution in [0.4, 0.5) is 0 Å². The average molecular weight is 161 g/mol. The van der Waals surface area contributed by atoms with Gasteiger partial charge in [0.05, 0.1) is 0 Å². The standard InChI is InChI=1S/C12H17/c1-3-5-7-9-11-12-10-8-6-4-2/h1,11H,4-7,9,12H2,2H3. The lowest BCUT2D eigenvalue weighted by atomic mass is 10.1. The van der Waals surface area contributed by atoms with Crippen molar-refractivity contribution in [2.24, 2.45) is 0 Å². The van der Waals surface area contributed by atoms with Crippen LogP contribution in [0.15, 0.2) is 0 Å². The third-order valence-electron chi connectivity index (χ3n) is 1.48. The minimum absolute atomic E-state index is 0.888. The molecular weight excluding hydrogens is 144 g/mol. The summed E-state index contributed by atoms with van der Waals surface area (Å²) in [6, 6.07) is 0. The van der Waals surface area contributed by atoms with Gasteiger partial charge in [0.15, 0.2) is 0 Å². The molecule has 0 fully saturated rings. The molecule has 0 aliphatic heterocycles. The minimum Gasteiger partial charge on any atom is -0.120 e. The molecule has 65 valence electrons. The second-order valence-corrected chi connectivity index (χ2v) is 2.69. The van der Waals surface area contributed by atoms with Gasteiger partial charge in [0, 0.05) is 19.3 Å². The van der Waals surface area contributed by atoms with Crippen LogP contribution < -0.4 is 0 Å². The Balaban J connectivity index is 3.02. The highest BCUT2D eigenvalue weighted by molar-refractivity contribution is 5.01. The molecule has 0 aliphatic rings. The van der Waals surface area contributed by atoms with Gasteiger partial charge in [0.2, 0.25) is 0 Å². The molecule has 0 heterocycles.